The van der Waals surface area contributed by atoms with Gasteiger partial charge in [0, 0.05) is 18.6 Å². The Morgan fingerprint density at radius 3 is 3.50 bits per heavy atom. The minimum absolute atomic E-state index is 0.514. The van der Waals surface area contributed by atoms with E-state index in [1.807, 2.05) is 18.6 Å². The molecule has 0 spiro atoms. The van der Waals surface area contributed by atoms with Crippen molar-refractivity contribution < 1.29 is 0 Å². The number of aromatic nitrogens is 2. The Labute approximate surface area is 70.5 Å². The number of rotatable bonds is 0. The first kappa shape index (κ1) is 6.17. The van der Waals surface area contributed by atoms with Crippen molar-refractivity contribution >= 4 is 12.2 Å². The zero-order valence-electron chi connectivity index (χ0n) is 6.64. The van der Waals surface area contributed by atoms with Gasteiger partial charge in [0.1, 0.15) is 0 Å². The molecule has 1 aliphatic carbocycles. The van der Waals surface area contributed by atoms with Crippen LogP contribution in [0.5, 0.6) is 0 Å². The van der Waals surface area contributed by atoms with Crippen molar-refractivity contribution in [1.29, 1.82) is 0 Å². The molecular formula is C9H9N3. The number of fused-ring (bicyclic) bond motifs is 3. The number of allylic oxidation sites excluding steroid dienone is 2. The lowest BCUT2D eigenvalue weighted by atomic mass is 10.1. The summed E-state index contributed by atoms with van der Waals surface area (Å²) in [6.45, 7) is 0. The van der Waals surface area contributed by atoms with Crippen LogP contribution >= 0.6 is 0 Å². The van der Waals surface area contributed by atoms with Crippen LogP contribution in [0.1, 0.15) is 18.9 Å². The Hall–Kier alpha value is -1.38. The Morgan fingerprint density at radius 2 is 2.50 bits per heavy atom. The molecule has 2 aliphatic rings. The van der Waals surface area contributed by atoms with Gasteiger partial charge < -0.3 is 4.57 Å². The lowest BCUT2D eigenvalue weighted by molar-refractivity contribution is 0.578. The summed E-state index contributed by atoms with van der Waals surface area (Å²) in [5.74, 6) is 0.846. The summed E-state index contributed by atoms with van der Waals surface area (Å²) in [6, 6.07) is 0.514. The first-order valence-electron chi connectivity index (χ1n) is 4.22. The van der Waals surface area contributed by atoms with Crippen molar-refractivity contribution in [2.45, 2.75) is 18.9 Å². The number of imidazole rings is 1. The zero-order chi connectivity index (χ0) is 7.97. The predicted octanol–water partition coefficient (Wildman–Crippen LogP) is 1.86. The second-order valence-corrected chi connectivity index (χ2v) is 3.19. The van der Waals surface area contributed by atoms with E-state index in [1.54, 1.807) is 0 Å². The van der Waals surface area contributed by atoms with Crippen molar-refractivity contribution in [2.24, 2.45) is 4.99 Å². The van der Waals surface area contributed by atoms with Crippen molar-refractivity contribution in [2.75, 3.05) is 0 Å². The van der Waals surface area contributed by atoms with E-state index in [1.165, 1.54) is 18.4 Å². The molecule has 3 nitrogen and oxygen atoms in total. The number of aliphatic imine (C=N–C) groups is 1. The molecule has 3 heteroatoms. The molecule has 0 N–H and O–H groups in total. The van der Waals surface area contributed by atoms with E-state index in [0.717, 1.165) is 5.95 Å². The quantitative estimate of drug-likeness (QED) is 0.568. The highest BCUT2D eigenvalue weighted by molar-refractivity contribution is 5.83. The van der Waals surface area contributed by atoms with Gasteiger partial charge in [-0.25, -0.2) is 9.98 Å². The third-order valence-corrected chi connectivity index (χ3v) is 2.52. The summed E-state index contributed by atoms with van der Waals surface area (Å²) in [4.78, 5) is 8.41. The van der Waals surface area contributed by atoms with Gasteiger partial charge in [-0.2, -0.15) is 0 Å². The third kappa shape index (κ3) is 0.656. The SMILES string of the molecule is C1=Nc2nccn2C2CCC=C12. The second-order valence-electron chi connectivity index (χ2n) is 3.19. The third-order valence-electron chi connectivity index (χ3n) is 2.52. The minimum Gasteiger partial charge on any atom is -0.308 e. The van der Waals surface area contributed by atoms with Gasteiger partial charge in [-0.15, -0.1) is 0 Å². The van der Waals surface area contributed by atoms with E-state index < -0.39 is 0 Å². The van der Waals surface area contributed by atoms with Crippen LogP contribution in [-0.2, 0) is 0 Å². The molecule has 0 radical (unpaired) electrons. The lowest BCUT2D eigenvalue weighted by Gasteiger charge is -2.18. The monoisotopic (exact) mass is 159 g/mol. The summed E-state index contributed by atoms with van der Waals surface area (Å²) >= 11 is 0. The Balaban J connectivity index is 2.20. The van der Waals surface area contributed by atoms with Crippen molar-refractivity contribution in [3.05, 3.63) is 24.0 Å². The second kappa shape index (κ2) is 2.06. The maximum Gasteiger partial charge on any atom is 0.230 e. The maximum absolute atomic E-state index is 4.25. The van der Waals surface area contributed by atoms with Crippen LogP contribution < -0.4 is 0 Å². The molecule has 2 heterocycles. The van der Waals surface area contributed by atoms with Crippen LogP contribution in [0.4, 0.5) is 5.95 Å². The number of hydrogen-bond acceptors (Lipinski definition) is 2. The molecule has 1 unspecified atom stereocenters. The summed E-state index contributed by atoms with van der Waals surface area (Å²) in [5, 5.41) is 0. The smallest absolute Gasteiger partial charge is 0.230 e. The molecule has 0 fully saturated rings. The molecule has 1 aliphatic heterocycles. The molecule has 0 aromatic carbocycles. The maximum atomic E-state index is 4.25. The van der Waals surface area contributed by atoms with Crippen LogP contribution in [0, 0.1) is 0 Å². The van der Waals surface area contributed by atoms with Gasteiger partial charge >= 0.3 is 0 Å². The van der Waals surface area contributed by atoms with Gasteiger partial charge in [-0.3, -0.25) is 0 Å². The van der Waals surface area contributed by atoms with Crippen LogP contribution in [0.15, 0.2) is 29.0 Å². The topological polar surface area (TPSA) is 30.2 Å². The van der Waals surface area contributed by atoms with Gasteiger partial charge in [0.05, 0.1) is 6.04 Å². The highest BCUT2D eigenvalue weighted by Crippen LogP contribution is 2.35. The van der Waals surface area contributed by atoms with Gasteiger partial charge in [-0.1, -0.05) is 6.08 Å². The normalized spacial score (nSPS) is 25.0. The average molecular weight is 159 g/mol. The molecule has 1 atom stereocenters. The fourth-order valence-corrected chi connectivity index (χ4v) is 1.93. The van der Waals surface area contributed by atoms with Crippen molar-refractivity contribution in [1.82, 2.24) is 9.55 Å². The Bertz CT molecular complexity index is 373. The largest absolute Gasteiger partial charge is 0.308 e. The summed E-state index contributed by atoms with van der Waals surface area (Å²) in [6.07, 6.45) is 10.4. The molecule has 60 valence electrons. The van der Waals surface area contributed by atoms with Gasteiger partial charge in [0.15, 0.2) is 0 Å². The first-order chi connectivity index (χ1) is 5.95. The molecule has 0 saturated carbocycles. The van der Waals surface area contributed by atoms with Crippen LogP contribution in [0.3, 0.4) is 0 Å². The molecule has 12 heavy (non-hydrogen) atoms. The highest BCUT2D eigenvalue weighted by Gasteiger charge is 2.24. The molecule has 1 aromatic rings. The predicted molar refractivity (Wildman–Crippen MR) is 46.7 cm³/mol. The summed E-state index contributed by atoms with van der Waals surface area (Å²) < 4.78 is 2.15. The summed E-state index contributed by atoms with van der Waals surface area (Å²) in [5.41, 5.74) is 1.35. The molecule has 3 rings (SSSR count). The number of nitrogens with zero attached hydrogens (tertiary/aromatic N) is 3. The number of hydrogen-bond donors (Lipinski definition) is 0. The van der Waals surface area contributed by atoms with Gasteiger partial charge in [0.25, 0.3) is 0 Å². The minimum atomic E-state index is 0.514. The average Bonchev–Trinajstić information content (AvgIpc) is 2.71. The molecule has 0 amide bonds. The fraction of sp³-hybridized carbons (Fsp3) is 0.333. The van der Waals surface area contributed by atoms with E-state index in [2.05, 4.69) is 20.6 Å². The molecule has 0 bridgehead atoms. The lowest BCUT2D eigenvalue weighted by Crippen LogP contribution is -2.11. The molecule has 1 aromatic heterocycles. The van der Waals surface area contributed by atoms with E-state index in [-0.39, 0.29) is 0 Å². The Kier molecular flexibility index (Phi) is 1.06. The van der Waals surface area contributed by atoms with Crippen molar-refractivity contribution in [3.8, 4) is 0 Å². The molecular weight excluding hydrogens is 150 g/mol. The summed E-state index contributed by atoms with van der Waals surface area (Å²) in [7, 11) is 0. The van der Waals surface area contributed by atoms with E-state index in [9.17, 15) is 0 Å². The standard InChI is InChI=1S/C9H9N3/c1-2-7-6-11-9-10-4-5-12(9)8(7)3-1/h2,4-6,8H,1,3H2. The van der Waals surface area contributed by atoms with Gasteiger partial charge in [0.2, 0.25) is 5.95 Å². The van der Waals surface area contributed by atoms with Crippen molar-refractivity contribution in [3.63, 3.8) is 0 Å². The van der Waals surface area contributed by atoms with E-state index >= 15 is 0 Å². The highest BCUT2D eigenvalue weighted by atomic mass is 15.2. The van der Waals surface area contributed by atoms with Crippen LogP contribution in [0.2, 0.25) is 0 Å². The first-order valence-corrected chi connectivity index (χ1v) is 4.22. The Morgan fingerprint density at radius 1 is 1.50 bits per heavy atom. The van der Waals surface area contributed by atoms with E-state index in [0.29, 0.717) is 6.04 Å². The molecule has 0 saturated heterocycles. The van der Waals surface area contributed by atoms with Crippen LogP contribution in [-0.4, -0.2) is 15.8 Å². The zero-order valence-corrected chi connectivity index (χ0v) is 6.64. The van der Waals surface area contributed by atoms with Gasteiger partial charge in [-0.05, 0) is 18.4 Å². The van der Waals surface area contributed by atoms with E-state index in [4.69, 9.17) is 0 Å². The fourth-order valence-electron chi connectivity index (χ4n) is 1.93. The van der Waals surface area contributed by atoms with Crippen LogP contribution in [0.25, 0.3) is 0 Å².